The monoisotopic (exact) mass is 266 g/mol. The van der Waals surface area contributed by atoms with E-state index < -0.39 is 5.41 Å². The van der Waals surface area contributed by atoms with Crippen molar-refractivity contribution < 1.29 is 4.79 Å². The van der Waals surface area contributed by atoms with E-state index in [2.05, 4.69) is 26.1 Å². The van der Waals surface area contributed by atoms with Crippen LogP contribution in [-0.2, 0) is 4.79 Å². The fraction of sp³-hybridized carbons (Fsp3) is 0.938. The van der Waals surface area contributed by atoms with E-state index in [4.69, 9.17) is 5.73 Å². The molecule has 2 aliphatic rings. The third-order valence-corrected chi connectivity index (χ3v) is 6.32. The third-order valence-electron chi connectivity index (χ3n) is 6.32. The molecule has 0 spiro atoms. The Morgan fingerprint density at radius 2 is 2.05 bits per heavy atom. The number of nitrogens with one attached hydrogen (secondary N) is 1. The minimum absolute atomic E-state index is 0.143. The number of hydrogen-bond donors (Lipinski definition) is 2. The van der Waals surface area contributed by atoms with Gasteiger partial charge in [0.25, 0.3) is 0 Å². The Kier molecular flexibility index (Phi) is 3.49. The van der Waals surface area contributed by atoms with Crippen molar-refractivity contribution in [3.63, 3.8) is 0 Å². The smallest absolute Gasteiger partial charge is 0.227 e. The molecule has 2 saturated carbocycles. The quantitative estimate of drug-likeness (QED) is 0.822. The zero-order valence-corrected chi connectivity index (χ0v) is 13.2. The lowest BCUT2D eigenvalue weighted by molar-refractivity contribution is -0.132. The highest BCUT2D eigenvalue weighted by molar-refractivity contribution is 5.83. The average Bonchev–Trinajstić information content (AvgIpc) is 2.84. The van der Waals surface area contributed by atoms with Crippen LogP contribution >= 0.6 is 0 Å². The third kappa shape index (κ3) is 2.10. The van der Waals surface area contributed by atoms with Gasteiger partial charge in [0.05, 0.1) is 5.41 Å². The van der Waals surface area contributed by atoms with Gasteiger partial charge < -0.3 is 11.1 Å². The van der Waals surface area contributed by atoms with E-state index in [0.29, 0.717) is 12.6 Å². The van der Waals surface area contributed by atoms with Crippen LogP contribution in [0.4, 0.5) is 0 Å². The zero-order valence-electron chi connectivity index (χ0n) is 13.2. The van der Waals surface area contributed by atoms with E-state index in [9.17, 15) is 4.79 Å². The first kappa shape index (κ1) is 14.8. The number of carbonyl (C=O) groups is 1. The number of fused-ring (bicyclic) bond motifs is 2. The second-order valence-electron chi connectivity index (χ2n) is 7.94. The highest BCUT2D eigenvalue weighted by Gasteiger charge is 2.60. The molecule has 1 amide bonds. The van der Waals surface area contributed by atoms with Crippen molar-refractivity contribution in [2.45, 2.75) is 66.3 Å². The highest BCUT2D eigenvalue weighted by Crippen LogP contribution is 2.62. The topological polar surface area (TPSA) is 55.1 Å². The maximum absolute atomic E-state index is 12.6. The van der Waals surface area contributed by atoms with Crippen molar-refractivity contribution in [2.24, 2.45) is 27.9 Å². The van der Waals surface area contributed by atoms with E-state index in [1.807, 2.05) is 13.8 Å². The number of nitrogens with two attached hydrogens (primary N) is 1. The van der Waals surface area contributed by atoms with Gasteiger partial charge in [-0.2, -0.15) is 0 Å². The lowest BCUT2D eigenvalue weighted by Crippen LogP contribution is -2.56. The van der Waals surface area contributed by atoms with Crippen LogP contribution in [0.15, 0.2) is 0 Å². The van der Waals surface area contributed by atoms with Gasteiger partial charge in [-0.3, -0.25) is 4.79 Å². The Morgan fingerprint density at radius 1 is 1.42 bits per heavy atom. The van der Waals surface area contributed by atoms with Gasteiger partial charge in [-0.1, -0.05) is 27.7 Å². The van der Waals surface area contributed by atoms with E-state index >= 15 is 0 Å². The van der Waals surface area contributed by atoms with Gasteiger partial charge in [0.2, 0.25) is 5.91 Å². The molecule has 19 heavy (non-hydrogen) atoms. The predicted octanol–water partition coefficient (Wildman–Crippen LogP) is 2.69. The van der Waals surface area contributed by atoms with Gasteiger partial charge >= 0.3 is 0 Å². The van der Waals surface area contributed by atoms with Gasteiger partial charge in [-0.05, 0) is 49.4 Å². The summed E-state index contributed by atoms with van der Waals surface area (Å²) in [6.07, 6.45) is 4.62. The first-order valence-electron chi connectivity index (χ1n) is 7.70. The molecule has 2 bridgehead atoms. The van der Waals surface area contributed by atoms with Crippen LogP contribution < -0.4 is 11.1 Å². The summed E-state index contributed by atoms with van der Waals surface area (Å²) in [7, 11) is 0. The fourth-order valence-corrected chi connectivity index (χ4v) is 4.37. The molecule has 0 aromatic rings. The summed E-state index contributed by atoms with van der Waals surface area (Å²) in [6.45, 7) is 11.4. The van der Waals surface area contributed by atoms with Crippen molar-refractivity contribution >= 4 is 5.91 Å². The van der Waals surface area contributed by atoms with E-state index in [1.54, 1.807) is 0 Å². The second-order valence-corrected chi connectivity index (χ2v) is 7.94. The molecule has 2 rings (SSSR count). The van der Waals surface area contributed by atoms with E-state index in [1.165, 1.54) is 19.3 Å². The molecule has 0 aromatic carbocycles. The predicted molar refractivity (Wildman–Crippen MR) is 78.6 cm³/mol. The van der Waals surface area contributed by atoms with Crippen LogP contribution in [0, 0.1) is 22.2 Å². The molecule has 3 nitrogen and oxygen atoms in total. The first-order valence-corrected chi connectivity index (χ1v) is 7.70. The van der Waals surface area contributed by atoms with Crippen molar-refractivity contribution in [1.29, 1.82) is 0 Å². The van der Waals surface area contributed by atoms with Gasteiger partial charge in [0.15, 0.2) is 0 Å². The number of amides is 1. The molecule has 4 unspecified atom stereocenters. The lowest BCUT2D eigenvalue weighted by Gasteiger charge is -2.44. The molecular formula is C16H30N2O. The molecule has 2 aliphatic carbocycles. The van der Waals surface area contributed by atoms with Crippen LogP contribution in [-0.4, -0.2) is 18.5 Å². The van der Waals surface area contributed by atoms with Crippen molar-refractivity contribution in [3.05, 3.63) is 0 Å². The van der Waals surface area contributed by atoms with Crippen LogP contribution in [0.1, 0.15) is 60.3 Å². The Morgan fingerprint density at radius 3 is 2.47 bits per heavy atom. The minimum Gasteiger partial charge on any atom is -0.352 e. The largest absolute Gasteiger partial charge is 0.352 e. The summed E-state index contributed by atoms with van der Waals surface area (Å²) < 4.78 is 0. The molecular weight excluding hydrogens is 236 g/mol. The summed E-state index contributed by atoms with van der Waals surface area (Å²) in [5.41, 5.74) is 5.89. The molecule has 110 valence electrons. The first-order chi connectivity index (χ1) is 8.69. The molecule has 2 fully saturated rings. The average molecular weight is 266 g/mol. The minimum atomic E-state index is -0.422. The van der Waals surface area contributed by atoms with Crippen molar-refractivity contribution in [1.82, 2.24) is 5.32 Å². The molecule has 4 atom stereocenters. The molecule has 0 aliphatic heterocycles. The SMILES string of the molecule is CCC(C)(CN)C(=O)NC1C2(C)CCC(C2)C1(C)C. The van der Waals surface area contributed by atoms with Crippen LogP contribution in [0.25, 0.3) is 0 Å². The summed E-state index contributed by atoms with van der Waals surface area (Å²) >= 11 is 0. The summed E-state index contributed by atoms with van der Waals surface area (Å²) in [6, 6.07) is 0.295. The normalized spacial score (nSPS) is 39.1. The maximum atomic E-state index is 12.6. The number of hydrogen-bond acceptors (Lipinski definition) is 2. The Labute approximate surface area is 117 Å². The standard InChI is InChI=1S/C16H30N2O/c1-6-15(4,10-17)13(19)18-12-14(2,3)11-7-8-16(12,5)9-11/h11-12H,6-10,17H2,1-5H3,(H,18,19). The van der Waals surface area contributed by atoms with E-state index in [0.717, 1.165) is 12.3 Å². The second kappa shape index (κ2) is 4.47. The van der Waals surface area contributed by atoms with Gasteiger partial charge in [-0.25, -0.2) is 0 Å². The van der Waals surface area contributed by atoms with Gasteiger partial charge in [0.1, 0.15) is 0 Å². The highest BCUT2D eigenvalue weighted by atomic mass is 16.2. The summed E-state index contributed by atoms with van der Waals surface area (Å²) in [5.74, 6) is 0.901. The molecule has 3 N–H and O–H groups in total. The van der Waals surface area contributed by atoms with Crippen molar-refractivity contribution in [3.8, 4) is 0 Å². The van der Waals surface area contributed by atoms with E-state index in [-0.39, 0.29) is 16.7 Å². The fourth-order valence-electron chi connectivity index (χ4n) is 4.37. The lowest BCUT2D eigenvalue weighted by atomic mass is 9.68. The molecule has 0 saturated heterocycles. The summed E-state index contributed by atoms with van der Waals surface area (Å²) in [4.78, 5) is 12.6. The van der Waals surface area contributed by atoms with Crippen LogP contribution in [0.5, 0.6) is 0 Å². The van der Waals surface area contributed by atoms with Gasteiger partial charge in [0, 0.05) is 12.6 Å². The molecule has 0 radical (unpaired) electrons. The number of rotatable bonds is 4. The Bertz CT molecular complexity index is 368. The van der Waals surface area contributed by atoms with Gasteiger partial charge in [-0.15, -0.1) is 0 Å². The molecule has 3 heteroatoms. The Balaban J connectivity index is 2.17. The Hall–Kier alpha value is -0.570. The number of carbonyl (C=O) groups excluding carboxylic acids is 1. The maximum Gasteiger partial charge on any atom is 0.227 e. The summed E-state index contributed by atoms with van der Waals surface area (Å²) in [5, 5.41) is 3.36. The van der Waals surface area contributed by atoms with Crippen LogP contribution in [0.3, 0.4) is 0 Å². The molecule has 0 heterocycles. The zero-order chi connectivity index (χ0) is 14.5. The van der Waals surface area contributed by atoms with Crippen molar-refractivity contribution in [2.75, 3.05) is 6.54 Å². The molecule has 0 aromatic heterocycles. The van der Waals surface area contributed by atoms with Crippen LogP contribution in [0.2, 0.25) is 0 Å².